The van der Waals surface area contributed by atoms with E-state index in [2.05, 4.69) is 20.3 Å². The second-order valence-corrected chi connectivity index (χ2v) is 8.14. The third-order valence-corrected chi connectivity index (χ3v) is 5.75. The molecule has 3 heterocycles. The van der Waals surface area contributed by atoms with Crippen molar-refractivity contribution in [3.8, 4) is 22.6 Å². The highest BCUT2D eigenvalue weighted by atomic mass is 19.1. The summed E-state index contributed by atoms with van der Waals surface area (Å²) in [6, 6.07) is 12.9. The number of aromatic amines is 1. The van der Waals surface area contributed by atoms with Crippen LogP contribution in [0.5, 0.6) is 11.5 Å². The fourth-order valence-corrected chi connectivity index (χ4v) is 3.89. The number of anilines is 2. The molecule has 0 aliphatic heterocycles. The molecular formula is C31H31F2N5O3. The molecule has 41 heavy (non-hydrogen) atoms. The summed E-state index contributed by atoms with van der Waals surface area (Å²) in [4.78, 5) is 36.1. The lowest BCUT2D eigenvalue weighted by Crippen LogP contribution is -2.15. The van der Waals surface area contributed by atoms with E-state index in [4.69, 9.17) is 10.5 Å². The molecule has 0 bridgehead atoms. The van der Waals surface area contributed by atoms with Crippen LogP contribution in [0.15, 0.2) is 78.0 Å². The summed E-state index contributed by atoms with van der Waals surface area (Å²) in [5.74, 6) is -1.46. The van der Waals surface area contributed by atoms with E-state index in [0.717, 1.165) is 0 Å². The fraction of sp³-hybridized carbons (Fsp3) is 0.161. The summed E-state index contributed by atoms with van der Waals surface area (Å²) in [7, 11) is 0. The third-order valence-electron chi connectivity index (χ3n) is 5.75. The summed E-state index contributed by atoms with van der Waals surface area (Å²) in [5.41, 5.74) is 7.12. The number of ether oxygens (including phenoxy) is 1. The van der Waals surface area contributed by atoms with Crippen molar-refractivity contribution >= 4 is 28.3 Å². The molecule has 2 aromatic carbocycles. The molecule has 0 fully saturated rings. The van der Waals surface area contributed by atoms with Gasteiger partial charge < -0.3 is 20.8 Å². The summed E-state index contributed by atoms with van der Waals surface area (Å²) >= 11 is 0. The van der Waals surface area contributed by atoms with Gasteiger partial charge >= 0.3 is 0 Å². The zero-order valence-corrected chi connectivity index (χ0v) is 23.4. The van der Waals surface area contributed by atoms with Crippen LogP contribution in [0.3, 0.4) is 0 Å². The Morgan fingerprint density at radius 3 is 2.27 bits per heavy atom. The van der Waals surface area contributed by atoms with Crippen molar-refractivity contribution in [1.29, 1.82) is 0 Å². The Bertz CT molecular complexity index is 1720. The van der Waals surface area contributed by atoms with Crippen molar-refractivity contribution < 1.29 is 18.3 Å². The number of carbonyl (C=O) groups excluding carboxylic acids is 1. The smallest absolute Gasteiger partial charge is 0.267 e. The number of nitrogens with two attached hydrogens (primary N) is 1. The van der Waals surface area contributed by atoms with Gasteiger partial charge in [-0.25, -0.2) is 13.8 Å². The molecule has 212 valence electrons. The molecule has 0 aliphatic rings. The van der Waals surface area contributed by atoms with Crippen LogP contribution >= 0.6 is 0 Å². The highest BCUT2D eigenvalue weighted by Gasteiger charge is 2.16. The minimum atomic E-state index is -0.719. The molecule has 0 radical (unpaired) electrons. The Kier molecular flexibility index (Phi) is 10.2. The number of halogens is 2. The Labute approximate surface area is 236 Å². The summed E-state index contributed by atoms with van der Waals surface area (Å²) < 4.78 is 33.9. The van der Waals surface area contributed by atoms with E-state index in [1.165, 1.54) is 54.9 Å². The number of H-pyrrole nitrogens is 1. The van der Waals surface area contributed by atoms with Gasteiger partial charge in [0.15, 0.2) is 11.6 Å². The molecule has 1 amide bonds. The normalized spacial score (nSPS) is 10.1. The Morgan fingerprint density at radius 2 is 1.61 bits per heavy atom. The largest absolute Gasteiger partial charge is 0.454 e. The second kappa shape index (κ2) is 13.8. The quantitative estimate of drug-likeness (QED) is 0.201. The Hall–Kier alpha value is -5.12. The summed E-state index contributed by atoms with van der Waals surface area (Å²) in [5, 5.41) is 3.25. The zero-order chi connectivity index (χ0) is 30.1. The van der Waals surface area contributed by atoms with Crippen molar-refractivity contribution in [3.05, 3.63) is 106 Å². The van der Waals surface area contributed by atoms with Crippen molar-refractivity contribution in [2.45, 2.75) is 34.6 Å². The highest BCUT2D eigenvalue weighted by molar-refractivity contribution is 5.93. The van der Waals surface area contributed by atoms with Gasteiger partial charge in [-0.1, -0.05) is 39.8 Å². The number of primary amides is 1. The van der Waals surface area contributed by atoms with Crippen LogP contribution in [0.1, 0.15) is 43.7 Å². The van der Waals surface area contributed by atoms with Crippen molar-refractivity contribution in [1.82, 2.24) is 15.0 Å². The molecule has 5 rings (SSSR count). The number of hydrogen-bond donors (Lipinski definition) is 3. The zero-order valence-electron chi connectivity index (χ0n) is 23.4. The van der Waals surface area contributed by atoms with E-state index < -0.39 is 17.5 Å². The van der Waals surface area contributed by atoms with Gasteiger partial charge in [-0.2, -0.15) is 0 Å². The molecule has 4 N–H and O–H groups in total. The predicted molar refractivity (Wildman–Crippen MR) is 158 cm³/mol. The minimum absolute atomic E-state index is 0.0310. The molecule has 10 heteroatoms. The molecule has 0 saturated carbocycles. The molecule has 0 aliphatic carbocycles. The van der Waals surface area contributed by atoms with Crippen LogP contribution in [0.2, 0.25) is 0 Å². The molecular weight excluding hydrogens is 528 g/mol. The van der Waals surface area contributed by atoms with Crippen LogP contribution in [0.25, 0.3) is 22.0 Å². The van der Waals surface area contributed by atoms with Crippen LogP contribution in [-0.2, 0) is 0 Å². The number of hydrogen-bond acceptors (Lipinski definition) is 6. The van der Waals surface area contributed by atoms with Crippen LogP contribution in [0.4, 0.5) is 20.3 Å². The number of fused-ring (bicyclic) bond motifs is 1. The van der Waals surface area contributed by atoms with Gasteiger partial charge in [0.05, 0.1) is 10.9 Å². The maximum absolute atomic E-state index is 14.9. The number of amides is 1. The van der Waals surface area contributed by atoms with Gasteiger partial charge in [0.1, 0.15) is 23.1 Å². The van der Waals surface area contributed by atoms with Crippen LogP contribution in [-0.4, -0.2) is 20.9 Å². The summed E-state index contributed by atoms with van der Waals surface area (Å²) in [6.07, 6.45) is 4.41. The lowest BCUT2D eigenvalue weighted by molar-refractivity contribution is 0.0994. The Morgan fingerprint density at radius 1 is 0.927 bits per heavy atom. The number of pyridine rings is 3. The number of nitrogens with zero attached hydrogens (tertiary/aromatic N) is 2. The molecule has 0 saturated heterocycles. The Balaban J connectivity index is 0.00000111. The SMILES string of the molecule is CC.CC.Cc1c(Oc2ccc(Nc3nccc4[nH]cc(-c5ccc(F)cc5)c(=O)c34)cc2F)ccnc1C(N)=O. The maximum atomic E-state index is 14.9. The van der Waals surface area contributed by atoms with E-state index in [-0.39, 0.29) is 33.8 Å². The first kappa shape index (κ1) is 30.4. The first-order valence-corrected chi connectivity index (χ1v) is 13.1. The van der Waals surface area contributed by atoms with Crippen molar-refractivity contribution in [2.24, 2.45) is 5.73 Å². The fourth-order valence-electron chi connectivity index (χ4n) is 3.89. The number of aromatic nitrogens is 3. The molecule has 8 nitrogen and oxygen atoms in total. The van der Waals surface area contributed by atoms with E-state index in [9.17, 15) is 18.4 Å². The lowest BCUT2D eigenvalue weighted by Gasteiger charge is -2.13. The first-order valence-electron chi connectivity index (χ1n) is 13.1. The average Bonchev–Trinajstić information content (AvgIpc) is 2.98. The first-order chi connectivity index (χ1) is 19.8. The molecule has 3 aromatic heterocycles. The third kappa shape index (κ3) is 6.73. The standard InChI is InChI=1S/C27H19F2N5O3.2C2H6/c1-14-21(9-11-31-24(14)26(30)36)37-22-7-6-17(12-19(22)29)34-27-23-20(8-10-32-27)33-13-18(25(23)35)15-2-4-16(28)5-3-15;2*1-2/h2-13H,1H3,(H2,30,36)(H,32,34)(H,33,35);2*1-2H3. The number of carbonyl (C=O) groups is 1. The molecule has 0 spiro atoms. The maximum Gasteiger partial charge on any atom is 0.267 e. The topological polar surface area (TPSA) is 123 Å². The van der Waals surface area contributed by atoms with Gasteiger partial charge in [-0.15, -0.1) is 0 Å². The average molecular weight is 560 g/mol. The van der Waals surface area contributed by atoms with Gasteiger partial charge in [0.25, 0.3) is 5.91 Å². The minimum Gasteiger partial charge on any atom is -0.454 e. The monoisotopic (exact) mass is 559 g/mol. The number of rotatable bonds is 6. The lowest BCUT2D eigenvalue weighted by atomic mass is 10.0. The molecule has 0 atom stereocenters. The predicted octanol–water partition coefficient (Wildman–Crippen LogP) is 7.26. The number of benzene rings is 2. The second-order valence-electron chi connectivity index (χ2n) is 8.14. The highest BCUT2D eigenvalue weighted by Crippen LogP contribution is 2.31. The molecule has 5 aromatic rings. The van der Waals surface area contributed by atoms with Crippen molar-refractivity contribution in [3.63, 3.8) is 0 Å². The number of nitrogens with one attached hydrogen (secondary N) is 2. The van der Waals surface area contributed by atoms with Gasteiger partial charge in [-0.05, 0) is 48.9 Å². The van der Waals surface area contributed by atoms with Crippen molar-refractivity contribution in [2.75, 3.05) is 5.32 Å². The van der Waals surface area contributed by atoms with Crippen LogP contribution < -0.4 is 21.2 Å². The van der Waals surface area contributed by atoms with Gasteiger partial charge in [0, 0.05) is 41.5 Å². The molecule has 0 unspecified atom stereocenters. The van der Waals surface area contributed by atoms with Gasteiger partial charge in [0.2, 0.25) is 5.43 Å². The van der Waals surface area contributed by atoms with E-state index in [1.54, 1.807) is 25.3 Å². The van der Waals surface area contributed by atoms with E-state index in [0.29, 0.717) is 27.9 Å². The van der Waals surface area contributed by atoms with E-state index in [1.807, 2.05) is 27.7 Å². The van der Waals surface area contributed by atoms with E-state index >= 15 is 0 Å². The summed E-state index contributed by atoms with van der Waals surface area (Å²) in [6.45, 7) is 9.60. The van der Waals surface area contributed by atoms with Crippen LogP contribution in [0, 0.1) is 18.6 Å². The van der Waals surface area contributed by atoms with Gasteiger partial charge in [-0.3, -0.25) is 14.6 Å².